The first-order valence-electron chi connectivity index (χ1n) is 8.11. The van der Waals surface area contributed by atoms with E-state index in [1.165, 1.54) is 5.56 Å². The molecule has 1 N–H and O–H groups in total. The molecule has 124 valence electrons. The van der Waals surface area contributed by atoms with Gasteiger partial charge in [-0.15, -0.1) is 0 Å². The predicted molar refractivity (Wildman–Crippen MR) is 89.4 cm³/mol. The van der Waals surface area contributed by atoms with Gasteiger partial charge in [0.25, 0.3) is 0 Å². The Morgan fingerprint density at radius 2 is 1.91 bits per heavy atom. The van der Waals surface area contributed by atoms with Gasteiger partial charge in [-0.3, -0.25) is 4.79 Å². The maximum absolute atomic E-state index is 11.1. The van der Waals surface area contributed by atoms with E-state index < -0.39 is 5.97 Å². The Balaban J connectivity index is 2.55. The molecule has 0 fully saturated rings. The van der Waals surface area contributed by atoms with Gasteiger partial charge in [0.1, 0.15) is 5.75 Å². The van der Waals surface area contributed by atoms with Crippen molar-refractivity contribution in [3.63, 3.8) is 0 Å². The molecule has 1 unspecified atom stereocenters. The van der Waals surface area contributed by atoms with Crippen LogP contribution in [0, 0.1) is 5.92 Å². The monoisotopic (exact) mass is 307 g/mol. The standard InChI is InChI=1S/C18H29NO3/c1-5-16(18(20)21)11-12-19(6-2)14(3)13-15-7-9-17(22-4)10-8-15/h7-10,14,16H,5-6,11-13H2,1-4H3,(H,20,21)/t14?,16-/m0/s1. The van der Waals surface area contributed by atoms with Crippen molar-refractivity contribution in [3.8, 4) is 5.75 Å². The van der Waals surface area contributed by atoms with Crippen LogP contribution in [0.15, 0.2) is 24.3 Å². The second kappa shape index (κ2) is 9.46. The van der Waals surface area contributed by atoms with E-state index in [9.17, 15) is 4.79 Å². The molecule has 0 aliphatic rings. The number of nitrogens with zero attached hydrogens (tertiary/aromatic N) is 1. The lowest BCUT2D eigenvalue weighted by Gasteiger charge is -2.29. The van der Waals surface area contributed by atoms with Gasteiger partial charge in [-0.05, 0) is 57.0 Å². The van der Waals surface area contributed by atoms with Crippen LogP contribution in [0.25, 0.3) is 0 Å². The molecule has 0 saturated carbocycles. The molecule has 1 rings (SSSR count). The summed E-state index contributed by atoms with van der Waals surface area (Å²) in [6.45, 7) is 8.05. The predicted octanol–water partition coefficient (Wildman–Crippen LogP) is 3.45. The van der Waals surface area contributed by atoms with Crippen molar-refractivity contribution in [1.82, 2.24) is 4.90 Å². The van der Waals surface area contributed by atoms with E-state index in [-0.39, 0.29) is 5.92 Å². The zero-order valence-corrected chi connectivity index (χ0v) is 14.2. The van der Waals surface area contributed by atoms with Crippen LogP contribution in [0.2, 0.25) is 0 Å². The van der Waals surface area contributed by atoms with Crippen molar-refractivity contribution >= 4 is 5.97 Å². The maximum Gasteiger partial charge on any atom is 0.306 e. The molecule has 0 radical (unpaired) electrons. The first-order chi connectivity index (χ1) is 10.5. The zero-order valence-electron chi connectivity index (χ0n) is 14.2. The third kappa shape index (κ3) is 5.68. The normalized spacial score (nSPS) is 13.9. The highest BCUT2D eigenvalue weighted by atomic mass is 16.5. The van der Waals surface area contributed by atoms with Crippen molar-refractivity contribution in [2.75, 3.05) is 20.2 Å². The van der Waals surface area contributed by atoms with Crippen LogP contribution in [-0.2, 0) is 11.2 Å². The van der Waals surface area contributed by atoms with E-state index in [0.29, 0.717) is 18.9 Å². The molecule has 0 aliphatic carbocycles. The van der Waals surface area contributed by atoms with Crippen molar-refractivity contribution in [3.05, 3.63) is 29.8 Å². The van der Waals surface area contributed by atoms with Crippen LogP contribution in [0.4, 0.5) is 0 Å². The van der Waals surface area contributed by atoms with Crippen molar-refractivity contribution < 1.29 is 14.6 Å². The largest absolute Gasteiger partial charge is 0.497 e. The maximum atomic E-state index is 11.1. The average Bonchev–Trinajstić information content (AvgIpc) is 2.52. The van der Waals surface area contributed by atoms with Crippen LogP contribution >= 0.6 is 0 Å². The molecule has 1 aromatic carbocycles. The topological polar surface area (TPSA) is 49.8 Å². The molecule has 0 spiro atoms. The minimum Gasteiger partial charge on any atom is -0.497 e. The number of carboxylic acids is 1. The summed E-state index contributed by atoms with van der Waals surface area (Å²) < 4.78 is 5.18. The lowest BCUT2D eigenvalue weighted by Crippen LogP contribution is -2.36. The van der Waals surface area contributed by atoms with Gasteiger partial charge < -0.3 is 14.7 Å². The summed E-state index contributed by atoms with van der Waals surface area (Å²) in [5.74, 6) is -0.0420. The number of rotatable bonds is 10. The average molecular weight is 307 g/mol. The smallest absolute Gasteiger partial charge is 0.306 e. The number of hydrogen-bond acceptors (Lipinski definition) is 3. The summed E-state index contributed by atoms with van der Waals surface area (Å²) >= 11 is 0. The fourth-order valence-corrected chi connectivity index (χ4v) is 2.75. The van der Waals surface area contributed by atoms with Gasteiger partial charge in [-0.2, -0.15) is 0 Å². The van der Waals surface area contributed by atoms with Crippen molar-refractivity contribution in [1.29, 1.82) is 0 Å². The van der Waals surface area contributed by atoms with Gasteiger partial charge >= 0.3 is 5.97 Å². The highest BCUT2D eigenvalue weighted by molar-refractivity contribution is 5.69. The fourth-order valence-electron chi connectivity index (χ4n) is 2.75. The Morgan fingerprint density at radius 1 is 1.27 bits per heavy atom. The minimum absolute atomic E-state index is 0.234. The summed E-state index contributed by atoms with van der Waals surface area (Å²) in [6.07, 6.45) is 2.37. The molecule has 0 aliphatic heterocycles. The molecule has 2 atom stereocenters. The summed E-state index contributed by atoms with van der Waals surface area (Å²) in [6, 6.07) is 8.54. The first-order valence-corrected chi connectivity index (χ1v) is 8.11. The summed E-state index contributed by atoms with van der Waals surface area (Å²) in [4.78, 5) is 13.5. The third-order valence-electron chi connectivity index (χ3n) is 4.33. The molecule has 22 heavy (non-hydrogen) atoms. The highest BCUT2D eigenvalue weighted by Crippen LogP contribution is 2.16. The van der Waals surface area contributed by atoms with Gasteiger partial charge in [-0.25, -0.2) is 0 Å². The fraction of sp³-hybridized carbons (Fsp3) is 0.611. The van der Waals surface area contributed by atoms with Gasteiger partial charge in [0.15, 0.2) is 0 Å². The molecule has 0 amide bonds. The zero-order chi connectivity index (χ0) is 16.5. The van der Waals surface area contributed by atoms with Gasteiger partial charge in [0.05, 0.1) is 13.0 Å². The summed E-state index contributed by atoms with van der Waals surface area (Å²) in [5, 5.41) is 9.15. The number of benzene rings is 1. The van der Waals surface area contributed by atoms with Crippen molar-refractivity contribution in [2.45, 2.75) is 46.1 Å². The summed E-state index contributed by atoms with van der Waals surface area (Å²) in [7, 11) is 1.67. The second-order valence-electron chi connectivity index (χ2n) is 5.76. The number of hydrogen-bond donors (Lipinski definition) is 1. The Hall–Kier alpha value is -1.55. The molecule has 0 heterocycles. The van der Waals surface area contributed by atoms with Crippen LogP contribution in [0.1, 0.15) is 39.2 Å². The SMILES string of the molecule is CC[C@@H](CCN(CC)C(C)Cc1ccc(OC)cc1)C(=O)O. The molecule has 1 aromatic rings. The Morgan fingerprint density at radius 3 is 2.36 bits per heavy atom. The number of carbonyl (C=O) groups is 1. The Labute approximate surface area is 134 Å². The number of likely N-dealkylation sites (N-methyl/N-ethyl adjacent to an activating group) is 1. The van der Waals surface area contributed by atoms with Gasteiger partial charge in [0.2, 0.25) is 0 Å². The Bertz CT molecular complexity index is 444. The molecule has 4 nitrogen and oxygen atoms in total. The quantitative estimate of drug-likeness (QED) is 0.719. The van der Waals surface area contributed by atoms with Crippen LogP contribution < -0.4 is 4.74 Å². The second-order valence-corrected chi connectivity index (χ2v) is 5.76. The van der Waals surface area contributed by atoms with Crippen molar-refractivity contribution in [2.24, 2.45) is 5.92 Å². The summed E-state index contributed by atoms with van der Waals surface area (Å²) in [5.41, 5.74) is 1.28. The number of ether oxygens (including phenoxy) is 1. The molecule has 4 heteroatoms. The highest BCUT2D eigenvalue weighted by Gasteiger charge is 2.18. The molecule has 0 bridgehead atoms. The third-order valence-corrected chi connectivity index (χ3v) is 4.33. The lowest BCUT2D eigenvalue weighted by atomic mass is 10.0. The lowest BCUT2D eigenvalue weighted by molar-refractivity contribution is -0.142. The first kappa shape index (κ1) is 18.5. The van der Waals surface area contributed by atoms with E-state index in [1.54, 1.807) is 7.11 Å². The molecular formula is C18H29NO3. The van der Waals surface area contributed by atoms with Crippen LogP contribution in [-0.4, -0.2) is 42.2 Å². The van der Waals surface area contributed by atoms with E-state index >= 15 is 0 Å². The van der Waals surface area contributed by atoms with E-state index in [4.69, 9.17) is 9.84 Å². The minimum atomic E-state index is -0.679. The number of carboxylic acid groups (broad SMARTS) is 1. The molecular weight excluding hydrogens is 278 g/mol. The van der Waals surface area contributed by atoms with Gasteiger partial charge in [0, 0.05) is 6.04 Å². The van der Waals surface area contributed by atoms with Crippen LogP contribution in [0.5, 0.6) is 5.75 Å². The van der Waals surface area contributed by atoms with Gasteiger partial charge in [-0.1, -0.05) is 26.0 Å². The van der Waals surface area contributed by atoms with E-state index in [0.717, 1.165) is 25.3 Å². The Kier molecular flexibility index (Phi) is 7.96. The number of methoxy groups -OCH3 is 1. The van der Waals surface area contributed by atoms with Crippen LogP contribution in [0.3, 0.4) is 0 Å². The van der Waals surface area contributed by atoms with E-state index in [1.807, 2.05) is 19.1 Å². The van der Waals surface area contributed by atoms with E-state index in [2.05, 4.69) is 30.9 Å². The molecule has 0 saturated heterocycles. The molecule has 0 aromatic heterocycles. The number of aliphatic carboxylic acids is 1.